The Morgan fingerprint density at radius 3 is 2.89 bits per heavy atom. The number of halogens is 1. The molecule has 0 spiro atoms. The number of nitro benzene ring substituents is 1. The molecular formula is C13H18ClN3O2. The van der Waals surface area contributed by atoms with Crippen LogP contribution in [0.1, 0.15) is 19.8 Å². The molecular weight excluding hydrogens is 266 g/mol. The van der Waals surface area contributed by atoms with Crippen molar-refractivity contribution >= 4 is 23.0 Å². The molecule has 0 amide bonds. The third-order valence-electron chi connectivity index (χ3n) is 3.76. The Hall–Kier alpha value is -1.33. The van der Waals surface area contributed by atoms with E-state index >= 15 is 0 Å². The van der Waals surface area contributed by atoms with E-state index in [9.17, 15) is 10.1 Å². The molecule has 2 atom stereocenters. The number of anilines is 1. The predicted molar refractivity (Wildman–Crippen MR) is 76.7 cm³/mol. The van der Waals surface area contributed by atoms with Crippen LogP contribution in [0.5, 0.6) is 0 Å². The monoisotopic (exact) mass is 283 g/mol. The molecule has 1 aromatic carbocycles. The Morgan fingerprint density at radius 1 is 1.53 bits per heavy atom. The van der Waals surface area contributed by atoms with Gasteiger partial charge < -0.3 is 10.6 Å². The van der Waals surface area contributed by atoms with Gasteiger partial charge in [-0.15, -0.1) is 0 Å². The number of nitro groups is 1. The number of hydrogen-bond donors (Lipinski definition) is 1. The lowest BCUT2D eigenvalue weighted by molar-refractivity contribution is -0.384. The van der Waals surface area contributed by atoms with Crippen molar-refractivity contribution in [3.63, 3.8) is 0 Å². The predicted octanol–water partition coefficient (Wildman–Crippen LogP) is 2.81. The van der Waals surface area contributed by atoms with Crippen LogP contribution in [0, 0.1) is 16.0 Å². The van der Waals surface area contributed by atoms with Gasteiger partial charge in [0.2, 0.25) is 0 Å². The van der Waals surface area contributed by atoms with Crippen molar-refractivity contribution in [3.05, 3.63) is 33.3 Å². The van der Waals surface area contributed by atoms with E-state index in [0.717, 1.165) is 19.4 Å². The van der Waals surface area contributed by atoms with E-state index in [1.807, 2.05) is 0 Å². The summed E-state index contributed by atoms with van der Waals surface area (Å²) in [6.07, 6.45) is 2.06. The second-order valence-electron chi connectivity index (χ2n) is 5.07. The van der Waals surface area contributed by atoms with Crippen LogP contribution in [0.25, 0.3) is 0 Å². The molecule has 0 bridgehead atoms. The molecule has 1 aromatic rings. The average Bonchev–Trinajstić information content (AvgIpc) is 2.38. The van der Waals surface area contributed by atoms with Crippen molar-refractivity contribution in [2.24, 2.45) is 11.7 Å². The van der Waals surface area contributed by atoms with Gasteiger partial charge in [0.1, 0.15) is 5.69 Å². The summed E-state index contributed by atoms with van der Waals surface area (Å²) in [5, 5.41) is 11.7. The number of nitrogens with two attached hydrogens (primary N) is 1. The largest absolute Gasteiger partial charge is 0.363 e. The topological polar surface area (TPSA) is 72.4 Å². The smallest absolute Gasteiger partial charge is 0.292 e. The van der Waals surface area contributed by atoms with Crippen LogP contribution in [0.15, 0.2) is 18.2 Å². The lowest BCUT2D eigenvalue weighted by Gasteiger charge is -2.39. The van der Waals surface area contributed by atoms with Crippen LogP contribution in [0.4, 0.5) is 11.4 Å². The fourth-order valence-electron chi connectivity index (χ4n) is 2.59. The Morgan fingerprint density at radius 2 is 2.26 bits per heavy atom. The van der Waals surface area contributed by atoms with Crippen molar-refractivity contribution < 1.29 is 4.92 Å². The molecule has 6 heteroatoms. The molecule has 0 aliphatic carbocycles. The maximum absolute atomic E-state index is 11.1. The van der Waals surface area contributed by atoms with Crippen LogP contribution < -0.4 is 10.6 Å². The van der Waals surface area contributed by atoms with Crippen molar-refractivity contribution in [1.82, 2.24) is 0 Å². The van der Waals surface area contributed by atoms with E-state index in [2.05, 4.69) is 11.8 Å². The first-order chi connectivity index (χ1) is 9.02. The zero-order valence-corrected chi connectivity index (χ0v) is 11.6. The number of piperidine rings is 1. The zero-order valence-electron chi connectivity index (χ0n) is 10.9. The van der Waals surface area contributed by atoms with Crippen molar-refractivity contribution in [2.45, 2.75) is 25.8 Å². The van der Waals surface area contributed by atoms with Gasteiger partial charge in [-0.05, 0) is 44.4 Å². The zero-order chi connectivity index (χ0) is 14.0. The van der Waals surface area contributed by atoms with Gasteiger partial charge in [-0.25, -0.2) is 0 Å². The van der Waals surface area contributed by atoms with Gasteiger partial charge in [-0.1, -0.05) is 11.6 Å². The highest BCUT2D eigenvalue weighted by Crippen LogP contribution is 2.35. The molecule has 19 heavy (non-hydrogen) atoms. The summed E-state index contributed by atoms with van der Waals surface area (Å²) in [7, 11) is 0. The molecule has 2 N–H and O–H groups in total. The van der Waals surface area contributed by atoms with Gasteiger partial charge in [-0.3, -0.25) is 10.1 Å². The minimum Gasteiger partial charge on any atom is -0.363 e. The van der Waals surface area contributed by atoms with Crippen LogP contribution in [0.3, 0.4) is 0 Å². The highest BCUT2D eigenvalue weighted by molar-refractivity contribution is 6.31. The standard InChI is InChI=1S/C13H18ClN3O2/c1-9-2-3-10(7-15)8-16(9)13-6-11(14)4-5-12(13)17(18)19/h4-6,9-10H,2-3,7-8,15H2,1H3. The van der Waals surface area contributed by atoms with Gasteiger partial charge >= 0.3 is 0 Å². The molecule has 2 rings (SSSR count). The minimum atomic E-state index is -0.357. The Labute approximate surface area is 117 Å². The van der Waals surface area contributed by atoms with Gasteiger partial charge in [0.25, 0.3) is 5.69 Å². The fraction of sp³-hybridized carbons (Fsp3) is 0.538. The molecule has 1 aliphatic heterocycles. The Balaban J connectivity index is 2.38. The molecule has 1 saturated heterocycles. The molecule has 1 fully saturated rings. The first-order valence-corrected chi connectivity index (χ1v) is 6.81. The summed E-state index contributed by atoms with van der Waals surface area (Å²) in [6, 6.07) is 4.96. The fourth-order valence-corrected chi connectivity index (χ4v) is 2.76. The summed E-state index contributed by atoms with van der Waals surface area (Å²) in [4.78, 5) is 12.8. The van der Waals surface area contributed by atoms with E-state index < -0.39 is 0 Å². The summed E-state index contributed by atoms with van der Waals surface area (Å²) >= 11 is 5.98. The summed E-state index contributed by atoms with van der Waals surface area (Å²) in [6.45, 7) is 3.44. The second kappa shape index (κ2) is 5.75. The lowest BCUT2D eigenvalue weighted by atomic mass is 9.93. The Kier molecular flexibility index (Phi) is 4.27. The van der Waals surface area contributed by atoms with Gasteiger partial charge in [0, 0.05) is 23.7 Å². The molecule has 0 radical (unpaired) electrons. The summed E-state index contributed by atoms with van der Waals surface area (Å²) in [5.41, 5.74) is 6.44. The number of benzene rings is 1. The van der Waals surface area contributed by atoms with Crippen LogP contribution >= 0.6 is 11.6 Å². The first-order valence-electron chi connectivity index (χ1n) is 6.43. The van der Waals surface area contributed by atoms with E-state index in [1.54, 1.807) is 12.1 Å². The van der Waals surface area contributed by atoms with Gasteiger partial charge in [0.05, 0.1) is 4.92 Å². The van der Waals surface area contributed by atoms with E-state index in [4.69, 9.17) is 17.3 Å². The SMILES string of the molecule is CC1CCC(CN)CN1c1cc(Cl)ccc1[N+](=O)[O-]. The maximum atomic E-state index is 11.1. The normalized spacial score (nSPS) is 23.4. The van der Waals surface area contributed by atoms with Crippen molar-refractivity contribution in [3.8, 4) is 0 Å². The third kappa shape index (κ3) is 2.98. The minimum absolute atomic E-state index is 0.105. The van der Waals surface area contributed by atoms with Crippen LogP contribution in [-0.4, -0.2) is 24.1 Å². The number of hydrogen-bond acceptors (Lipinski definition) is 4. The van der Waals surface area contributed by atoms with Gasteiger partial charge in [-0.2, -0.15) is 0 Å². The quantitative estimate of drug-likeness (QED) is 0.684. The molecule has 1 heterocycles. The third-order valence-corrected chi connectivity index (χ3v) is 3.99. The molecule has 1 aliphatic rings. The van der Waals surface area contributed by atoms with E-state index in [1.165, 1.54) is 6.07 Å². The molecule has 2 unspecified atom stereocenters. The van der Waals surface area contributed by atoms with Crippen LogP contribution in [-0.2, 0) is 0 Å². The summed E-state index contributed by atoms with van der Waals surface area (Å²) < 4.78 is 0. The van der Waals surface area contributed by atoms with Crippen molar-refractivity contribution in [2.75, 3.05) is 18.0 Å². The highest BCUT2D eigenvalue weighted by atomic mass is 35.5. The number of nitrogens with zero attached hydrogens (tertiary/aromatic N) is 2. The highest BCUT2D eigenvalue weighted by Gasteiger charge is 2.29. The Bertz CT molecular complexity index is 481. The van der Waals surface area contributed by atoms with Gasteiger partial charge in [0.15, 0.2) is 0 Å². The van der Waals surface area contributed by atoms with E-state index in [0.29, 0.717) is 23.2 Å². The molecule has 0 aromatic heterocycles. The average molecular weight is 284 g/mol. The first kappa shape index (κ1) is 14.1. The summed E-state index contributed by atoms with van der Waals surface area (Å²) in [5.74, 6) is 0.384. The van der Waals surface area contributed by atoms with E-state index in [-0.39, 0.29) is 16.7 Å². The molecule has 5 nitrogen and oxygen atoms in total. The maximum Gasteiger partial charge on any atom is 0.292 e. The molecule has 104 valence electrons. The van der Waals surface area contributed by atoms with Crippen LogP contribution in [0.2, 0.25) is 5.02 Å². The second-order valence-corrected chi connectivity index (χ2v) is 5.51. The van der Waals surface area contributed by atoms with Crippen molar-refractivity contribution in [1.29, 1.82) is 0 Å². The molecule has 0 saturated carbocycles. The number of rotatable bonds is 3. The lowest BCUT2D eigenvalue weighted by Crippen LogP contribution is -2.44.